The molecule has 1 saturated heterocycles. The first-order valence-electron chi connectivity index (χ1n) is 7.18. The van der Waals surface area contributed by atoms with Gasteiger partial charge in [-0.05, 0) is 30.9 Å². The zero-order chi connectivity index (χ0) is 14.7. The van der Waals surface area contributed by atoms with Crippen LogP contribution in [0, 0.1) is 0 Å². The minimum atomic E-state index is 0.0184. The molecule has 0 aliphatic carbocycles. The van der Waals surface area contributed by atoms with Gasteiger partial charge >= 0.3 is 0 Å². The van der Waals surface area contributed by atoms with Gasteiger partial charge in [0, 0.05) is 25.5 Å². The molecular weight excluding hydrogens is 290 g/mol. The minimum Gasteiger partial charge on any atom is -0.347 e. The third-order valence-corrected chi connectivity index (χ3v) is 3.72. The first-order valence-corrected chi connectivity index (χ1v) is 7.56. The number of hydrogen-bond acceptors (Lipinski definition) is 6. The zero-order valence-corrected chi connectivity index (χ0v) is 12.6. The first kappa shape index (κ1) is 14.1. The molecule has 0 amide bonds. The number of imidazole rings is 1. The van der Waals surface area contributed by atoms with Crippen LogP contribution in [0.25, 0.3) is 0 Å². The molecule has 0 spiro atoms. The van der Waals surface area contributed by atoms with E-state index in [-0.39, 0.29) is 11.3 Å². The van der Waals surface area contributed by atoms with Gasteiger partial charge in [-0.3, -0.25) is 0 Å². The van der Waals surface area contributed by atoms with Crippen molar-refractivity contribution < 1.29 is 0 Å². The summed E-state index contributed by atoms with van der Waals surface area (Å²) in [7, 11) is 0. The van der Waals surface area contributed by atoms with Crippen molar-refractivity contribution in [2.24, 2.45) is 0 Å². The highest BCUT2D eigenvalue weighted by Crippen LogP contribution is 2.22. The summed E-state index contributed by atoms with van der Waals surface area (Å²) >= 11 is 6.03. The van der Waals surface area contributed by atoms with Crippen LogP contribution in [-0.2, 0) is 0 Å². The maximum atomic E-state index is 6.03. The van der Waals surface area contributed by atoms with Crippen LogP contribution in [0.4, 0.5) is 11.9 Å². The second-order valence-corrected chi connectivity index (χ2v) is 5.34. The van der Waals surface area contributed by atoms with Gasteiger partial charge in [0.05, 0.1) is 6.04 Å². The van der Waals surface area contributed by atoms with Crippen molar-refractivity contribution in [2.75, 3.05) is 23.3 Å². The third kappa shape index (κ3) is 3.24. The molecule has 1 aliphatic rings. The average Bonchev–Trinajstić information content (AvgIpc) is 3.16. The Bertz CT molecular complexity index is 580. The molecule has 7 nitrogen and oxygen atoms in total. The van der Waals surface area contributed by atoms with Crippen molar-refractivity contribution in [1.29, 1.82) is 0 Å². The molecule has 8 heteroatoms. The van der Waals surface area contributed by atoms with Crippen molar-refractivity contribution in [3.63, 3.8) is 0 Å². The molecule has 21 heavy (non-hydrogen) atoms. The fourth-order valence-corrected chi connectivity index (χ4v) is 2.61. The van der Waals surface area contributed by atoms with Crippen LogP contribution in [0.3, 0.4) is 0 Å². The second-order valence-electron chi connectivity index (χ2n) is 5.00. The number of hydrogen-bond donors (Lipinski definition) is 2. The highest BCUT2D eigenvalue weighted by molar-refractivity contribution is 6.28. The highest BCUT2D eigenvalue weighted by Gasteiger charge is 2.19. The molecule has 3 heterocycles. The van der Waals surface area contributed by atoms with Gasteiger partial charge in [0.25, 0.3) is 0 Å². The number of halogens is 1. The van der Waals surface area contributed by atoms with Crippen molar-refractivity contribution >= 4 is 23.5 Å². The molecule has 0 aromatic carbocycles. The molecule has 0 radical (unpaired) electrons. The van der Waals surface area contributed by atoms with E-state index in [0.717, 1.165) is 38.2 Å². The number of nitrogens with one attached hydrogen (secondary N) is 2. The molecule has 1 unspecified atom stereocenters. The van der Waals surface area contributed by atoms with Gasteiger partial charge in [-0.1, -0.05) is 6.92 Å². The average molecular weight is 308 g/mol. The molecule has 1 fully saturated rings. The SMILES string of the molecule is CCC(Nc1nc(Cl)nc(N2CCCC2)n1)c1ncc[nH]1. The number of aromatic amines is 1. The number of aromatic nitrogens is 5. The minimum absolute atomic E-state index is 0.0184. The normalized spacial score (nSPS) is 16.2. The highest BCUT2D eigenvalue weighted by atomic mass is 35.5. The molecule has 0 bridgehead atoms. The Labute approximate surface area is 128 Å². The number of H-pyrrole nitrogens is 1. The van der Waals surface area contributed by atoms with E-state index in [2.05, 4.69) is 42.1 Å². The van der Waals surface area contributed by atoms with E-state index in [4.69, 9.17) is 11.6 Å². The van der Waals surface area contributed by atoms with Gasteiger partial charge in [0.1, 0.15) is 5.82 Å². The van der Waals surface area contributed by atoms with E-state index in [1.807, 2.05) is 0 Å². The Morgan fingerprint density at radius 3 is 2.81 bits per heavy atom. The van der Waals surface area contributed by atoms with Crippen LogP contribution < -0.4 is 10.2 Å². The quantitative estimate of drug-likeness (QED) is 0.882. The van der Waals surface area contributed by atoms with E-state index in [1.165, 1.54) is 0 Å². The molecule has 1 aliphatic heterocycles. The van der Waals surface area contributed by atoms with Crippen molar-refractivity contribution in [1.82, 2.24) is 24.9 Å². The molecule has 2 aromatic heterocycles. The number of nitrogens with zero attached hydrogens (tertiary/aromatic N) is 5. The largest absolute Gasteiger partial charge is 0.347 e. The lowest BCUT2D eigenvalue weighted by atomic mass is 10.2. The molecule has 112 valence electrons. The topological polar surface area (TPSA) is 82.6 Å². The lowest BCUT2D eigenvalue weighted by Crippen LogP contribution is -2.22. The Kier molecular flexibility index (Phi) is 4.19. The van der Waals surface area contributed by atoms with Crippen molar-refractivity contribution in [2.45, 2.75) is 32.2 Å². The van der Waals surface area contributed by atoms with Gasteiger partial charge in [-0.2, -0.15) is 15.0 Å². The Morgan fingerprint density at radius 2 is 2.14 bits per heavy atom. The lowest BCUT2D eigenvalue weighted by Gasteiger charge is -2.18. The van der Waals surface area contributed by atoms with Crippen LogP contribution in [0.2, 0.25) is 5.28 Å². The van der Waals surface area contributed by atoms with Gasteiger partial charge < -0.3 is 15.2 Å². The standard InChI is InChI=1S/C13H18ClN7/c1-2-9(10-15-5-6-16-10)17-12-18-11(14)19-13(20-12)21-7-3-4-8-21/h5-6,9H,2-4,7-8H2,1H3,(H,15,16)(H,17,18,19,20). The summed E-state index contributed by atoms with van der Waals surface area (Å²) in [5, 5.41) is 3.48. The smallest absolute Gasteiger partial charge is 0.231 e. The van der Waals surface area contributed by atoms with E-state index in [1.54, 1.807) is 12.4 Å². The monoisotopic (exact) mass is 307 g/mol. The maximum absolute atomic E-state index is 6.03. The Morgan fingerprint density at radius 1 is 1.33 bits per heavy atom. The fraction of sp³-hybridized carbons (Fsp3) is 0.538. The van der Waals surface area contributed by atoms with E-state index in [0.29, 0.717) is 11.9 Å². The molecule has 1 atom stereocenters. The van der Waals surface area contributed by atoms with Gasteiger partial charge in [-0.15, -0.1) is 0 Å². The van der Waals surface area contributed by atoms with E-state index < -0.39 is 0 Å². The van der Waals surface area contributed by atoms with Crippen molar-refractivity contribution in [3.05, 3.63) is 23.5 Å². The summed E-state index contributed by atoms with van der Waals surface area (Å²) in [6.07, 6.45) is 6.72. The number of anilines is 2. The summed E-state index contributed by atoms with van der Waals surface area (Å²) in [4.78, 5) is 22.4. The molecule has 3 rings (SSSR count). The number of rotatable bonds is 5. The van der Waals surface area contributed by atoms with Crippen LogP contribution in [0.5, 0.6) is 0 Å². The van der Waals surface area contributed by atoms with Crippen LogP contribution >= 0.6 is 11.6 Å². The van der Waals surface area contributed by atoms with E-state index >= 15 is 0 Å². The Hall–Kier alpha value is -1.89. The summed E-state index contributed by atoms with van der Waals surface area (Å²) in [5.74, 6) is 1.99. The van der Waals surface area contributed by atoms with Gasteiger partial charge in [0.15, 0.2) is 0 Å². The summed E-state index contributed by atoms with van der Waals surface area (Å²) in [5.41, 5.74) is 0. The first-order chi connectivity index (χ1) is 10.3. The molecule has 2 N–H and O–H groups in total. The third-order valence-electron chi connectivity index (χ3n) is 3.55. The van der Waals surface area contributed by atoms with Crippen molar-refractivity contribution in [3.8, 4) is 0 Å². The van der Waals surface area contributed by atoms with Crippen LogP contribution in [0.15, 0.2) is 12.4 Å². The molecule has 0 saturated carbocycles. The summed E-state index contributed by atoms with van der Waals surface area (Å²) < 4.78 is 0. The second kappa shape index (κ2) is 6.26. The van der Waals surface area contributed by atoms with Crippen LogP contribution in [-0.4, -0.2) is 38.0 Å². The lowest BCUT2D eigenvalue weighted by molar-refractivity contribution is 0.693. The predicted octanol–water partition coefficient (Wildman–Crippen LogP) is 2.41. The van der Waals surface area contributed by atoms with Gasteiger partial charge in [-0.25, -0.2) is 4.98 Å². The molecule has 2 aromatic rings. The van der Waals surface area contributed by atoms with Gasteiger partial charge in [0.2, 0.25) is 17.2 Å². The summed E-state index contributed by atoms with van der Waals surface area (Å²) in [6, 6.07) is 0.0184. The zero-order valence-electron chi connectivity index (χ0n) is 11.9. The van der Waals surface area contributed by atoms with E-state index in [9.17, 15) is 0 Å². The molecular formula is C13H18ClN7. The Balaban J connectivity index is 1.81. The van der Waals surface area contributed by atoms with Crippen LogP contribution in [0.1, 0.15) is 38.1 Å². The fourth-order valence-electron chi connectivity index (χ4n) is 2.45. The maximum Gasteiger partial charge on any atom is 0.231 e. The predicted molar refractivity (Wildman–Crippen MR) is 81.5 cm³/mol. The summed E-state index contributed by atoms with van der Waals surface area (Å²) in [6.45, 7) is 4.01.